The summed E-state index contributed by atoms with van der Waals surface area (Å²) in [6, 6.07) is 22.2. The first-order valence-electron chi connectivity index (χ1n) is 10.4. The van der Waals surface area contributed by atoms with Gasteiger partial charge in [-0.25, -0.2) is 0 Å². The van der Waals surface area contributed by atoms with Crippen LogP contribution in [-0.2, 0) is 19.4 Å². The predicted octanol–water partition coefficient (Wildman–Crippen LogP) is 4.31. The molecule has 2 aliphatic heterocycles. The van der Waals surface area contributed by atoms with Crippen molar-refractivity contribution in [1.29, 1.82) is 0 Å². The first-order chi connectivity index (χ1) is 13.9. The van der Waals surface area contributed by atoms with Crippen LogP contribution in [0.5, 0.6) is 0 Å². The van der Waals surface area contributed by atoms with Crippen LogP contribution in [0, 0.1) is 0 Å². The smallest absolute Gasteiger partial charge is 0.0591 e. The van der Waals surface area contributed by atoms with Crippen molar-refractivity contribution < 1.29 is 0 Å². The normalized spacial score (nSPS) is 19.1. The Morgan fingerprint density at radius 1 is 0.857 bits per heavy atom. The van der Waals surface area contributed by atoms with Gasteiger partial charge in [0.25, 0.3) is 0 Å². The lowest BCUT2D eigenvalue weighted by molar-refractivity contribution is 0.206. The summed E-state index contributed by atoms with van der Waals surface area (Å²) in [6.07, 6.45) is 7.57. The Balaban J connectivity index is 1.33. The molecule has 0 radical (unpaired) electrons. The van der Waals surface area contributed by atoms with Gasteiger partial charge in [0.05, 0.1) is 11.9 Å². The summed E-state index contributed by atoms with van der Waals surface area (Å²) in [5.74, 6) is 0. The van der Waals surface area contributed by atoms with Crippen LogP contribution in [0.2, 0.25) is 0 Å². The van der Waals surface area contributed by atoms with E-state index in [2.05, 4.69) is 87.8 Å². The van der Waals surface area contributed by atoms with Crippen molar-refractivity contribution in [3.05, 3.63) is 95.3 Å². The Labute approximate surface area is 167 Å². The molecule has 3 heterocycles. The highest BCUT2D eigenvalue weighted by molar-refractivity contribution is 5.59. The minimum Gasteiger partial charge on any atom is -0.364 e. The van der Waals surface area contributed by atoms with E-state index < -0.39 is 0 Å². The second-order valence-corrected chi connectivity index (χ2v) is 8.07. The number of anilines is 1. The van der Waals surface area contributed by atoms with Gasteiger partial charge in [-0.2, -0.15) is 0 Å². The predicted molar refractivity (Wildman–Crippen MR) is 115 cm³/mol. The maximum atomic E-state index is 4.62. The van der Waals surface area contributed by atoms with Crippen molar-refractivity contribution in [2.45, 2.75) is 31.8 Å². The van der Waals surface area contributed by atoms with Crippen LogP contribution in [0.3, 0.4) is 0 Å². The molecule has 1 fully saturated rings. The van der Waals surface area contributed by atoms with Gasteiger partial charge >= 0.3 is 0 Å². The van der Waals surface area contributed by atoms with Crippen molar-refractivity contribution in [3.63, 3.8) is 0 Å². The van der Waals surface area contributed by atoms with Crippen LogP contribution >= 0.6 is 0 Å². The van der Waals surface area contributed by atoms with E-state index in [0.29, 0.717) is 6.04 Å². The number of piperazine rings is 1. The molecule has 3 heteroatoms. The number of hydrogen-bond donors (Lipinski definition) is 0. The van der Waals surface area contributed by atoms with Crippen LogP contribution in [0.4, 0.5) is 5.69 Å². The van der Waals surface area contributed by atoms with Gasteiger partial charge in [-0.05, 0) is 41.5 Å². The van der Waals surface area contributed by atoms with Gasteiger partial charge in [-0.3, -0.25) is 9.88 Å². The van der Waals surface area contributed by atoms with Crippen LogP contribution < -0.4 is 4.90 Å². The van der Waals surface area contributed by atoms with Crippen molar-refractivity contribution >= 4 is 5.69 Å². The molecule has 1 atom stereocenters. The lowest BCUT2D eigenvalue weighted by Crippen LogP contribution is -2.54. The molecule has 2 aliphatic rings. The molecule has 0 aliphatic carbocycles. The number of rotatable bonds is 4. The molecule has 0 bridgehead atoms. The molecule has 0 N–H and O–H groups in total. The Bertz CT molecular complexity index is 923. The average molecular weight is 370 g/mol. The highest BCUT2D eigenvalue weighted by Crippen LogP contribution is 2.35. The quantitative estimate of drug-likeness (QED) is 0.683. The fourth-order valence-corrected chi connectivity index (χ4v) is 4.80. The topological polar surface area (TPSA) is 19.4 Å². The zero-order valence-corrected chi connectivity index (χ0v) is 16.3. The number of hydrogen-bond acceptors (Lipinski definition) is 3. The number of benzene rings is 2. The van der Waals surface area contributed by atoms with E-state index in [1.165, 1.54) is 40.8 Å². The number of pyridine rings is 1. The van der Waals surface area contributed by atoms with E-state index in [1.54, 1.807) is 0 Å². The largest absolute Gasteiger partial charge is 0.364 e. The molecule has 0 spiro atoms. The second kappa shape index (κ2) is 7.76. The highest BCUT2D eigenvalue weighted by Gasteiger charge is 2.32. The second-order valence-electron chi connectivity index (χ2n) is 8.07. The molecular weight excluding hydrogens is 342 g/mol. The molecule has 1 aromatic heterocycles. The third-order valence-electron chi connectivity index (χ3n) is 6.21. The Kier molecular flexibility index (Phi) is 4.84. The zero-order chi connectivity index (χ0) is 18.8. The fourth-order valence-electron chi connectivity index (χ4n) is 4.80. The standard InChI is InChI=1S/C25H27N3/c1-3-7-20(8-4-1)15-22-16-26-17-25-24(22)12-11-23-19-27(13-14-28(23)25)18-21-9-5-2-6-10-21/h1-10,16-17,23H,11-15,18-19H2/t23-/m1/s1. The van der Waals surface area contributed by atoms with Crippen LogP contribution in [0.15, 0.2) is 73.1 Å². The van der Waals surface area contributed by atoms with Crippen molar-refractivity contribution in [2.24, 2.45) is 0 Å². The Morgan fingerprint density at radius 3 is 2.39 bits per heavy atom. The van der Waals surface area contributed by atoms with E-state index in [9.17, 15) is 0 Å². The summed E-state index contributed by atoms with van der Waals surface area (Å²) in [5.41, 5.74) is 7.08. The van der Waals surface area contributed by atoms with E-state index in [0.717, 1.165) is 32.6 Å². The summed E-state index contributed by atoms with van der Waals surface area (Å²) in [4.78, 5) is 9.86. The number of nitrogens with zero attached hydrogens (tertiary/aromatic N) is 3. The molecule has 1 saturated heterocycles. The van der Waals surface area contributed by atoms with E-state index in [1.807, 2.05) is 0 Å². The van der Waals surface area contributed by atoms with Crippen molar-refractivity contribution in [3.8, 4) is 0 Å². The van der Waals surface area contributed by atoms with Gasteiger partial charge < -0.3 is 4.90 Å². The summed E-state index contributed by atoms with van der Waals surface area (Å²) >= 11 is 0. The maximum absolute atomic E-state index is 4.62. The van der Waals surface area contributed by atoms with Gasteiger partial charge in [0, 0.05) is 38.4 Å². The molecule has 142 valence electrons. The van der Waals surface area contributed by atoms with Crippen LogP contribution in [0.1, 0.15) is 28.7 Å². The van der Waals surface area contributed by atoms with Gasteiger partial charge in [0.2, 0.25) is 0 Å². The molecule has 5 rings (SSSR count). The molecule has 3 aromatic rings. The number of fused-ring (bicyclic) bond motifs is 3. The first-order valence-corrected chi connectivity index (χ1v) is 10.4. The summed E-state index contributed by atoms with van der Waals surface area (Å²) in [7, 11) is 0. The van der Waals surface area contributed by atoms with Gasteiger partial charge in [-0.1, -0.05) is 60.7 Å². The minimum atomic E-state index is 0.610. The van der Waals surface area contributed by atoms with Crippen LogP contribution in [-0.4, -0.2) is 35.6 Å². The Morgan fingerprint density at radius 2 is 1.61 bits per heavy atom. The maximum Gasteiger partial charge on any atom is 0.0591 e. The fraction of sp³-hybridized carbons (Fsp3) is 0.320. The molecule has 3 nitrogen and oxygen atoms in total. The molecule has 2 aromatic carbocycles. The van der Waals surface area contributed by atoms with Crippen molar-refractivity contribution in [1.82, 2.24) is 9.88 Å². The van der Waals surface area contributed by atoms with Gasteiger partial charge in [-0.15, -0.1) is 0 Å². The molecule has 0 saturated carbocycles. The third kappa shape index (κ3) is 3.55. The van der Waals surface area contributed by atoms with E-state index >= 15 is 0 Å². The summed E-state index contributed by atoms with van der Waals surface area (Å²) in [5, 5.41) is 0. The van der Waals surface area contributed by atoms with Gasteiger partial charge in [0.1, 0.15) is 0 Å². The zero-order valence-electron chi connectivity index (χ0n) is 16.3. The van der Waals surface area contributed by atoms with Crippen molar-refractivity contribution in [2.75, 3.05) is 24.5 Å². The molecule has 0 unspecified atom stereocenters. The first kappa shape index (κ1) is 17.4. The van der Waals surface area contributed by atoms with E-state index in [-0.39, 0.29) is 0 Å². The third-order valence-corrected chi connectivity index (χ3v) is 6.21. The minimum absolute atomic E-state index is 0.610. The SMILES string of the molecule is c1ccc(Cc2cncc3c2CC[C@@H]2CN(Cc4ccccc4)CCN32)cc1. The molecule has 0 amide bonds. The lowest BCUT2D eigenvalue weighted by atomic mass is 9.90. The Hall–Kier alpha value is -2.65. The molecule has 28 heavy (non-hydrogen) atoms. The highest BCUT2D eigenvalue weighted by atomic mass is 15.3. The monoisotopic (exact) mass is 369 g/mol. The van der Waals surface area contributed by atoms with E-state index in [4.69, 9.17) is 0 Å². The van der Waals surface area contributed by atoms with Crippen LogP contribution in [0.25, 0.3) is 0 Å². The number of aromatic nitrogens is 1. The average Bonchev–Trinajstić information content (AvgIpc) is 2.75. The van der Waals surface area contributed by atoms with Gasteiger partial charge in [0.15, 0.2) is 0 Å². The summed E-state index contributed by atoms with van der Waals surface area (Å²) < 4.78 is 0. The lowest BCUT2D eigenvalue weighted by Gasteiger charge is -2.46. The molecular formula is C25H27N3. The summed E-state index contributed by atoms with van der Waals surface area (Å²) in [6.45, 7) is 4.43.